The number of aromatic carboxylic acids is 1. The van der Waals surface area contributed by atoms with Gasteiger partial charge in [-0.2, -0.15) is 5.11 Å². The lowest BCUT2D eigenvalue weighted by atomic mass is 10.1. The third-order valence-electron chi connectivity index (χ3n) is 3.68. The van der Waals surface area contributed by atoms with Crippen LogP contribution in [-0.4, -0.2) is 24.7 Å². The first kappa shape index (κ1) is 18.2. The molecule has 130 valence electrons. The minimum Gasteiger partial charge on any atom is -0.497 e. The molecule has 2 aromatic rings. The summed E-state index contributed by atoms with van der Waals surface area (Å²) in [4.78, 5) is 10.9. The molecule has 0 saturated heterocycles. The average molecular weight is 339 g/mol. The second-order valence-corrected chi connectivity index (χ2v) is 5.40. The van der Waals surface area contributed by atoms with Gasteiger partial charge >= 0.3 is 5.97 Å². The van der Waals surface area contributed by atoms with Crippen LogP contribution in [0.15, 0.2) is 65.5 Å². The van der Waals surface area contributed by atoms with Crippen molar-refractivity contribution in [2.24, 2.45) is 10.3 Å². The maximum atomic E-state index is 10.9. The molecule has 0 saturated carbocycles. The van der Waals surface area contributed by atoms with Crippen molar-refractivity contribution in [3.8, 4) is 5.75 Å². The summed E-state index contributed by atoms with van der Waals surface area (Å²) in [6.07, 6.45) is 1.71. The summed E-state index contributed by atoms with van der Waals surface area (Å²) in [5.41, 5.74) is 3.12. The largest absolute Gasteiger partial charge is 0.497 e. The molecule has 0 unspecified atom stereocenters. The molecular formula is C19H21N3O3. The highest BCUT2D eigenvalue weighted by Crippen LogP contribution is 2.19. The minimum atomic E-state index is -0.960. The van der Waals surface area contributed by atoms with Gasteiger partial charge < -0.3 is 9.84 Å². The summed E-state index contributed by atoms with van der Waals surface area (Å²) < 4.78 is 5.19. The number of hydrogen-bond donors (Lipinski definition) is 1. The number of carboxylic acids is 1. The van der Waals surface area contributed by atoms with Gasteiger partial charge in [0.1, 0.15) is 5.75 Å². The fourth-order valence-corrected chi connectivity index (χ4v) is 2.25. The second kappa shape index (κ2) is 8.63. The van der Waals surface area contributed by atoms with Crippen molar-refractivity contribution in [1.82, 2.24) is 0 Å². The van der Waals surface area contributed by atoms with E-state index in [0.717, 1.165) is 22.6 Å². The van der Waals surface area contributed by atoms with E-state index in [4.69, 9.17) is 9.84 Å². The molecule has 0 aliphatic rings. The third kappa shape index (κ3) is 4.91. The number of anilines is 1. The molecule has 0 aliphatic heterocycles. The van der Waals surface area contributed by atoms with Gasteiger partial charge in [0, 0.05) is 0 Å². The number of aryl methyl sites for hydroxylation is 1. The van der Waals surface area contributed by atoms with E-state index in [0.29, 0.717) is 13.1 Å². The van der Waals surface area contributed by atoms with Crippen molar-refractivity contribution in [3.05, 3.63) is 71.8 Å². The number of hydrogen-bond acceptors (Lipinski definition) is 4. The SMILES string of the molecule is C=CCN(N=NCc1ccc(OC)cc1C)c1ccc(C(=O)O)cc1. The first-order valence-electron chi connectivity index (χ1n) is 7.78. The molecule has 1 N–H and O–H groups in total. The van der Waals surface area contributed by atoms with Crippen LogP contribution in [0.5, 0.6) is 5.75 Å². The Bertz CT molecular complexity index is 770. The average Bonchev–Trinajstić information content (AvgIpc) is 2.62. The van der Waals surface area contributed by atoms with E-state index in [2.05, 4.69) is 16.9 Å². The Morgan fingerprint density at radius 1 is 1.28 bits per heavy atom. The Kier molecular flexibility index (Phi) is 6.28. The monoisotopic (exact) mass is 339 g/mol. The first-order chi connectivity index (χ1) is 12.0. The van der Waals surface area contributed by atoms with Crippen LogP contribution in [0.4, 0.5) is 5.69 Å². The van der Waals surface area contributed by atoms with Gasteiger partial charge in [0.2, 0.25) is 0 Å². The summed E-state index contributed by atoms with van der Waals surface area (Å²) in [7, 11) is 1.64. The predicted molar refractivity (Wildman–Crippen MR) is 97.2 cm³/mol. The van der Waals surface area contributed by atoms with Crippen LogP contribution in [0.25, 0.3) is 0 Å². The zero-order chi connectivity index (χ0) is 18.2. The summed E-state index contributed by atoms with van der Waals surface area (Å²) in [5, 5.41) is 19.1. The van der Waals surface area contributed by atoms with E-state index in [-0.39, 0.29) is 5.56 Å². The summed E-state index contributed by atoms with van der Waals surface area (Å²) in [6.45, 7) is 6.63. The highest BCUT2D eigenvalue weighted by Gasteiger charge is 2.07. The molecule has 0 aromatic heterocycles. The van der Waals surface area contributed by atoms with Crippen LogP contribution < -0.4 is 9.75 Å². The van der Waals surface area contributed by atoms with Crippen LogP contribution in [0.2, 0.25) is 0 Å². The lowest BCUT2D eigenvalue weighted by molar-refractivity contribution is 0.0697. The molecule has 0 amide bonds. The summed E-state index contributed by atoms with van der Waals surface area (Å²) in [6, 6.07) is 12.3. The van der Waals surface area contributed by atoms with Crippen LogP contribution in [0, 0.1) is 6.92 Å². The lowest BCUT2D eigenvalue weighted by Gasteiger charge is -2.16. The summed E-state index contributed by atoms with van der Waals surface area (Å²) >= 11 is 0. The predicted octanol–water partition coefficient (Wildman–Crippen LogP) is 4.26. The quantitative estimate of drug-likeness (QED) is 0.443. The van der Waals surface area contributed by atoms with Gasteiger partial charge in [-0.15, -0.1) is 6.58 Å². The fourth-order valence-electron chi connectivity index (χ4n) is 2.25. The van der Waals surface area contributed by atoms with Crippen molar-refractivity contribution in [2.45, 2.75) is 13.5 Å². The van der Waals surface area contributed by atoms with Gasteiger partial charge in [0.05, 0.1) is 31.5 Å². The lowest BCUT2D eigenvalue weighted by Crippen LogP contribution is -2.15. The smallest absolute Gasteiger partial charge is 0.335 e. The number of rotatable bonds is 8. The number of methoxy groups -OCH3 is 1. The van der Waals surface area contributed by atoms with E-state index in [9.17, 15) is 4.79 Å². The van der Waals surface area contributed by atoms with Crippen LogP contribution in [-0.2, 0) is 6.54 Å². The highest BCUT2D eigenvalue weighted by atomic mass is 16.5. The van der Waals surface area contributed by atoms with E-state index < -0.39 is 5.97 Å². The number of benzene rings is 2. The van der Waals surface area contributed by atoms with Crippen LogP contribution >= 0.6 is 0 Å². The van der Waals surface area contributed by atoms with Gasteiger partial charge in [-0.1, -0.05) is 17.4 Å². The molecule has 0 atom stereocenters. The normalized spacial score (nSPS) is 10.6. The Morgan fingerprint density at radius 3 is 2.56 bits per heavy atom. The number of carbonyl (C=O) groups is 1. The van der Waals surface area contributed by atoms with Crippen molar-refractivity contribution >= 4 is 11.7 Å². The van der Waals surface area contributed by atoms with Gasteiger partial charge in [0.25, 0.3) is 0 Å². The first-order valence-corrected chi connectivity index (χ1v) is 7.78. The van der Waals surface area contributed by atoms with Crippen LogP contribution in [0.3, 0.4) is 0 Å². The van der Waals surface area contributed by atoms with Crippen molar-refractivity contribution in [1.29, 1.82) is 0 Å². The molecule has 2 rings (SSSR count). The molecule has 0 spiro atoms. The highest BCUT2D eigenvalue weighted by molar-refractivity contribution is 5.88. The zero-order valence-electron chi connectivity index (χ0n) is 14.3. The van der Waals surface area contributed by atoms with Crippen molar-refractivity contribution in [3.63, 3.8) is 0 Å². The van der Waals surface area contributed by atoms with Gasteiger partial charge in [-0.3, -0.25) is 0 Å². The molecule has 25 heavy (non-hydrogen) atoms. The molecular weight excluding hydrogens is 318 g/mol. The Labute approximate surface area is 147 Å². The molecule has 6 heteroatoms. The minimum absolute atomic E-state index is 0.230. The third-order valence-corrected chi connectivity index (χ3v) is 3.68. The van der Waals surface area contributed by atoms with E-state index in [1.54, 1.807) is 30.3 Å². The van der Waals surface area contributed by atoms with Gasteiger partial charge in [-0.05, 0) is 54.4 Å². The molecule has 0 bridgehead atoms. The van der Waals surface area contributed by atoms with E-state index in [1.807, 2.05) is 25.1 Å². The number of carboxylic acid groups (broad SMARTS) is 1. The number of nitrogens with zero attached hydrogens (tertiary/aromatic N) is 3. The summed E-state index contributed by atoms with van der Waals surface area (Å²) in [5.74, 6) is -0.150. The fraction of sp³-hybridized carbons (Fsp3) is 0.211. The molecule has 0 fully saturated rings. The zero-order valence-corrected chi connectivity index (χ0v) is 14.3. The van der Waals surface area contributed by atoms with Gasteiger partial charge in [-0.25, -0.2) is 9.80 Å². The Hall–Kier alpha value is -3.15. The maximum absolute atomic E-state index is 10.9. The Balaban J connectivity index is 2.11. The van der Waals surface area contributed by atoms with Gasteiger partial charge in [0.15, 0.2) is 0 Å². The van der Waals surface area contributed by atoms with Crippen molar-refractivity contribution in [2.75, 3.05) is 18.7 Å². The number of ether oxygens (including phenoxy) is 1. The molecule has 0 radical (unpaired) electrons. The molecule has 6 nitrogen and oxygen atoms in total. The Morgan fingerprint density at radius 2 is 2.00 bits per heavy atom. The van der Waals surface area contributed by atoms with Crippen molar-refractivity contribution < 1.29 is 14.6 Å². The molecule has 0 heterocycles. The maximum Gasteiger partial charge on any atom is 0.335 e. The van der Waals surface area contributed by atoms with E-state index in [1.165, 1.54) is 12.1 Å². The molecule has 0 aliphatic carbocycles. The standard InChI is InChI=1S/C19H21N3O3/c1-4-11-22(17-8-5-15(6-9-17)19(23)24)21-20-13-16-7-10-18(25-3)12-14(16)2/h4-10,12H,1,11,13H2,2-3H3,(H,23,24). The topological polar surface area (TPSA) is 74.5 Å². The van der Waals surface area contributed by atoms with Crippen LogP contribution in [0.1, 0.15) is 21.5 Å². The molecule has 2 aromatic carbocycles. The van der Waals surface area contributed by atoms with E-state index >= 15 is 0 Å². The second-order valence-electron chi connectivity index (χ2n) is 5.40.